The smallest absolute Gasteiger partial charge is 0.243 e. The molecule has 0 bridgehead atoms. The van der Waals surface area contributed by atoms with Gasteiger partial charge in [-0.15, -0.1) is 0 Å². The highest BCUT2D eigenvalue weighted by Gasteiger charge is 2.24. The molecule has 1 aromatic rings. The summed E-state index contributed by atoms with van der Waals surface area (Å²) in [6, 6.07) is -0.161. The van der Waals surface area contributed by atoms with Gasteiger partial charge in [0.2, 0.25) is 10.0 Å². The van der Waals surface area contributed by atoms with Gasteiger partial charge in [0.05, 0.1) is 6.20 Å². The van der Waals surface area contributed by atoms with Gasteiger partial charge >= 0.3 is 0 Å². The van der Waals surface area contributed by atoms with Crippen molar-refractivity contribution in [2.45, 2.75) is 37.8 Å². The fourth-order valence-electron chi connectivity index (χ4n) is 1.88. The molecule has 0 aliphatic heterocycles. The highest BCUT2D eigenvalue weighted by atomic mass is 32.2. The third-order valence-electron chi connectivity index (χ3n) is 3.14. The second-order valence-electron chi connectivity index (χ2n) is 5.75. The van der Waals surface area contributed by atoms with Crippen molar-refractivity contribution in [3.63, 3.8) is 0 Å². The molecule has 1 heterocycles. The first-order valence-corrected chi connectivity index (χ1v) is 8.55. The standard InChI is InChI=1S/C13H26N4O3S/c1-11(2)13(10-16(3)4)15-21(19,20)12-8-14-17(9-12)6-5-7-18/h8-9,11,13,15,18H,5-7,10H2,1-4H3. The van der Waals surface area contributed by atoms with E-state index >= 15 is 0 Å². The topological polar surface area (TPSA) is 87.5 Å². The van der Waals surface area contributed by atoms with E-state index in [9.17, 15) is 8.42 Å². The number of aromatic nitrogens is 2. The van der Waals surface area contributed by atoms with Gasteiger partial charge in [0.1, 0.15) is 4.90 Å². The molecular weight excluding hydrogens is 292 g/mol. The molecule has 21 heavy (non-hydrogen) atoms. The maximum absolute atomic E-state index is 12.4. The number of rotatable bonds is 9. The predicted molar refractivity (Wildman–Crippen MR) is 81.4 cm³/mol. The van der Waals surface area contributed by atoms with Crippen molar-refractivity contribution < 1.29 is 13.5 Å². The number of aliphatic hydroxyl groups excluding tert-OH is 1. The molecule has 0 aliphatic rings. The average molecular weight is 318 g/mol. The maximum Gasteiger partial charge on any atom is 0.243 e. The van der Waals surface area contributed by atoms with Crippen molar-refractivity contribution in [2.24, 2.45) is 5.92 Å². The summed E-state index contributed by atoms with van der Waals surface area (Å²) in [5.41, 5.74) is 0. The number of sulfonamides is 1. The summed E-state index contributed by atoms with van der Waals surface area (Å²) in [4.78, 5) is 2.11. The molecule has 8 heteroatoms. The van der Waals surface area contributed by atoms with Crippen molar-refractivity contribution in [3.05, 3.63) is 12.4 Å². The van der Waals surface area contributed by atoms with Gasteiger partial charge in [-0.05, 0) is 26.4 Å². The van der Waals surface area contributed by atoms with E-state index in [1.165, 1.54) is 17.1 Å². The molecule has 0 fully saturated rings. The van der Waals surface area contributed by atoms with Crippen LogP contribution >= 0.6 is 0 Å². The van der Waals surface area contributed by atoms with Gasteiger partial charge in [0.15, 0.2) is 0 Å². The van der Waals surface area contributed by atoms with Crippen LogP contribution in [-0.2, 0) is 16.6 Å². The fraction of sp³-hybridized carbons (Fsp3) is 0.769. The van der Waals surface area contributed by atoms with Crippen LogP contribution in [0.25, 0.3) is 0 Å². The zero-order valence-electron chi connectivity index (χ0n) is 13.2. The number of nitrogens with one attached hydrogen (secondary N) is 1. The molecular formula is C13H26N4O3S. The van der Waals surface area contributed by atoms with Gasteiger partial charge in [0, 0.05) is 31.9 Å². The highest BCUT2D eigenvalue weighted by Crippen LogP contribution is 2.11. The molecule has 0 spiro atoms. The van der Waals surface area contributed by atoms with Crippen LogP contribution < -0.4 is 4.72 Å². The Kier molecular flexibility index (Phi) is 6.79. The lowest BCUT2D eigenvalue weighted by molar-refractivity contribution is 0.277. The second kappa shape index (κ2) is 7.88. The van der Waals surface area contributed by atoms with Crippen LogP contribution in [0.1, 0.15) is 20.3 Å². The summed E-state index contributed by atoms with van der Waals surface area (Å²) in [6.07, 6.45) is 3.38. The van der Waals surface area contributed by atoms with Crippen LogP contribution in [0.5, 0.6) is 0 Å². The van der Waals surface area contributed by atoms with Gasteiger partial charge in [0.25, 0.3) is 0 Å². The largest absolute Gasteiger partial charge is 0.396 e. The number of hydrogen-bond acceptors (Lipinski definition) is 5. The summed E-state index contributed by atoms with van der Waals surface area (Å²) in [5.74, 6) is 0.187. The summed E-state index contributed by atoms with van der Waals surface area (Å²) < 4.78 is 29.0. The average Bonchev–Trinajstić information content (AvgIpc) is 2.84. The third kappa shape index (κ3) is 5.74. The predicted octanol–water partition coefficient (Wildman–Crippen LogP) is 0.130. The zero-order chi connectivity index (χ0) is 16.0. The zero-order valence-corrected chi connectivity index (χ0v) is 14.0. The monoisotopic (exact) mass is 318 g/mol. The van der Waals surface area contributed by atoms with E-state index in [0.29, 0.717) is 19.5 Å². The Balaban J connectivity index is 2.81. The van der Waals surface area contributed by atoms with E-state index in [1.807, 2.05) is 32.8 Å². The Bertz CT molecular complexity index is 525. The second-order valence-corrected chi connectivity index (χ2v) is 7.46. The molecule has 1 unspecified atom stereocenters. The Morgan fingerprint density at radius 1 is 1.43 bits per heavy atom. The fourth-order valence-corrected chi connectivity index (χ4v) is 3.21. The Hall–Kier alpha value is -0.960. The van der Waals surface area contributed by atoms with E-state index in [1.54, 1.807) is 0 Å². The van der Waals surface area contributed by atoms with Crippen LogP contribution in [0, 0.1) is 5.92 Å². The van der Waals surface area contributed by atoms with Crippen molar-refractivity contribution in [1.82, 2.24) is 19.4 Å². The number of nitrogens with zero attached hydrogens (tertiary/aromatic N) is 3. The quantitative estimate of drug-likeness (QED) is 0.676. The molecule has 0 amide bonds. The summed E-state index contributed by atoms with van der Waals surface area (Å²) >= 11 is 0. The van der Waals surface area contributed by atoms with Crippen molar-refractivity contribution in [1.29, 1.82) is 0 Å². The lowest BCUT2D eigenvalue weighted by Gasteiger charge is -2.25. The van der Waals surface area contributed by atoms with E-state index in [4.69, 9.17) is 5.11 Å². The molecule has 7 nitrogen and oxygen atoms in total. The summed E-state index contributed by atoms with van der Waals surface area (Å²) in [5, 5.41) is 12.8. The van der Waals surface area contributed by atoms with Gasteiger partial charge in [-0.25, -0.2) is 13.1 Å². The minimum Gasteiger partial charge on any atom is -0.396 e. The molecule has 122 valence electrons. The lowest BCUT2D eigenvalue weighted by Crippen LogP contribution is -2.44. The molecule has 0 radical (unpaired) electrons. The van der Waals surface area contributed by atoms with Gasteiger partial charge in [-0.2, -0.15) is 5.10 Å². The molecule has 1 rings (SSSR count). The molecule has 0 saturated carbocycles. The number of likely N-dealkylation sites (N-methyl/N-ethyl adjacent to an activating group) is 1. The van der Waals surface area contributed by atoms with Gasteiger partial charge in [-0.3, -0.25) is 4.68 Å². The number of hydrogen-bond donors (Lipinski definition) is 2. The highest BCUT2D eigenvalue weighted by molar-refractivity contribution is 7.89. The molecule has 0 aromatic carbocycles. The molecule has 1 aromatic heterocycles. The lowest BCUT2D eigenvalue weighted by atomic mass is 10.1. The Labute approximate surface area is 127 Å². The van der Waals surface area contributed by atoms with E-state index in [0.717, 1.165) is 0 Å². The maximum atomic E-state index is 12.4. The van der Waals surface area contributed by atoms with Gasteiger partial charge < -0.3 is 10.0 Å². The molecule has 0 saturated heterocycles. The SMILES string of the molecule is CC(C)C(CN(C)C)NS(=O)(=O)c1cnn(CCCO)c1. The molecule has 0 aliphatic carbocycles. The van der Waals surface area contributed by atoms with Crippen molar-refractivity contribution in [3.8, 4) is 0 Å². The van der Waals surface area contributed by atoms with Crippen molar-refractivity contribution in [2.75, 3.05) is 27.2 Å². The van der Waals surface area contributed by atoms with E-state index in [2.05, 4.69) is 9.82 Å². The van der Waals surface area contributed by atoms with E-state index in [-0.39, 0.29) is 23.5 Å². The first-order chi connectivity index (χ1) is 9.76. The van der Waals surface area contributed by atoms with Crippen LogP contribution in [-0.4, -0.2) is 61.5 Å². The van der Waals surface area contributed by atoms with E-state index < -0.39 is 10.0 Å². The normalized spacial score (nSPS) is 14.0. The summed E-state index contributed by atoms with van der Waals surface area (Å²) in [6.45, 7) is 5.16. The Morgan fingerprint density at radius 3 is 2.62 bits per heavy atom. The first-order valence-electron chi connectivity index (χ1n) is 7.06. The molecule has 2 N–H and O–H groups in total. The first kappa shape index (κ1) is 18.1. The number of aryl methyl sites for hydroxylation is 1. The summed E-state index contributed by atoms with van der Waals surface area (Å²) in [7, 11) is 0.250. The van der Waals surface area contributed by atoms with Crippen LogP contribution in [0.4, 0.5) is 0 Å². The van der Waals surface area contributed by atoms with Crippen LogP contribution in [0.15, 0.2) is 17.3 Å². The minimum absolute atomic E-state index is 0.0540. The van der Waals surface area contributed by atoms with Crippen LogP contribution in [0.3, 0.4) is 0 Å². The third-order valence-corrected chi connectivity index (χ3v) is 4.58. The Morgan fingerprint density at radius 2 is 2.10 bits per heavy atom. The number of aliphatic hydroxyl groups is 1. The van der Waals surface area contributed by atoms with Crippen LogP contribution in [0.2, 0.25) is 0 Å². The molecule has 1 atom stereocenters. The van der Waals surface area contributed by atoms with Crippen molar-refractivity contribution >= 4 is 10.0 Å². The van der Waals surface area contributed by atoms with Gasteiger partial charge in [-0.1, -0.05) is 13.8 Å². The minimum atomic E-state index is -3.58.